The van der Waals surface area contributed by atoms with Gasteiger partial charge in [-0.3, -0.25) is 0 Å². The van der Waals surface area contributed by atoms with E-state index in [9.17, 15) is 4.79 Å². The number of allylic oxidation sites excluding steroid dienone is 1. The lowest BCUT2D eigenvalue weighted by atomic mass is 10.0. The van der Waals surface area contributed by atoms with Crippen LogP contribution < -0.4 is 0 Å². The van der Waals surface area contributed by atoms with Gasteiger partial charge in [0.15, 0.2) is 0 Å². The fourth-order valence-corrected chi connectivity index (χ4v) is 18.8. The van der Waals surface area contributed by atoms with Crippen molar-refractivity contribution in [3.05, 3.63) is 47.2 Å². The summed E-state index contributed by atoms with van der Waals surface area (Å²) in [5.41, 5.74) is 4.34. The minimum atomic E-state index is -2.22. The Morgan fingerprint density at radius 3 is 1.73 bits per heavy atom. The quantitative estimate of drug-likeness (QED) is 0.169. The number of hydrogen-bond acceptors (Lipinski definition) is 5. The normalized spacial score (nSPS) is 20.6. The van der Waals surface area contributed by atoms with Gasteiger partial charge in [0.1, 0.15) is 12.2 Å². The number of carbonyl (C=O) groups excluding carboxylic acids is 1. The number of carbonyl (C=O) groups is 1. The third-order valence-electron chi connectivity index (χ3n) is 9.29. The van der Waals surface area contributed by atoms with Crippen molar-refractivity contribution in [1.82, 2.24) is 0 Å². The van der Waals surface area contributed by atoms with Crippen LogP contribution in [-0.4, -0.2) is 48.0 Å². The van der Waals surface area contributed by atoms with Crippen LogP contribution >= 0.6 is 0 Å². The molecule has 1 heterocycles. The van der Waals surface area contributed by atoms with Crippen molar-refractivity contribution >= 4 is 22.6 Å². The molecule has 0 fully saturated rings. The van der Waals surface area contributed by atoms with Crippen LogP contribution in [0.15, 0.2) is 36.1 Å². The molecule has 0 saturated carbocycles. The van der Waals surface area contributed by atoms with Crippen molar-refractivity contribution in [2.45, 2.75) is 148 Å². The highest BCUT2D eigenvalue weighted by Gasteiger charge is 2.53. The van der Waals surface area contributed by atoms with Crippen LogP contribution in [0.1, 0.15) is 106 Å². The lowest BCUT2D eigenvalue weighted by molar-refractivity contribution is -0.0568. The maximum absolute atomic E-state index is 12.2. The van der Waals surface area contributed by atoms with Crippen molar-refractivity contribution in [2.75, 3.05) is 7.11 Å². The van der Waals surface area contributed by atoms with Crippen LogP contribution in [-0.2, 0) is 24.7 Å². The smallest absolute Gasteiger partial charge is 0.337 e. The molecule has 1 aliphatic rings. The third-order valence-corrected chi connectivity index (χ3v) is 21.5. The van der Waals surface area contributed by atoms with Crippen molar-refractivity contribution < 1.29 is 23.1 Å². The molecule has 1 aromatic carbocycles. The first-order chi connectivity index (χ1) is 18.5. The van der Waals surface area contributed by atoms with Gasteiger partial charge in [0.25, 0.3) is 0 Å². The fraction of sp³-hybridized carbons (Fsp3) is 0.727. The predicted octanol–water partition coefficient (Wildman–Crippen LogP) is 9.44. The molecular formula is C33H58O5Si2. The Kier molecular flexibility index (Phi) is 12.3. The van der Waals surface area contributed by atoms with Gasteiger partial charge in [-0.15, -0.1) is 0 Å². The number of rotatable bonds is 13. The number of methoxy groups -OCH3 is 1. The van der Waals surface area contributed by atoms with Crippen molar-refractivity contribution in [2.24, 2.45) is 0 Å². The second kappa shape index (κ2) is 14.2. The molecule has 0 unspecified atom stereocenters. The molecule has 3 atom stereocenters. The minimum Gasteiger partial charge on any atom is -0.492 e. The SMILES string of the molecule is COC(=O)c1cccc(CC2=C[C@H](O[Si](C(C)C)(C(C)C)C(C)C)[C@@H](O[Si](C(C)C)(C(C)C)C(C)C)[C@H](C)O2)c1. The molecular weight excluding hydrogens is 533 g/mol. The van der Waals surface area contributed by atoms with Gasteiger partial charge in [-0.05, 0) is 63.9 Å². The molecule has 0 saturated heterocycles. The van der Waals surface area contributed by atoms with E-state index >= 15 is 0 Å². The van der Waals surface area contributed by atoms with E-state index in [0.717, 1.165) is 11.3 Å². The highest BCUT2D eigenvalue weighted by atomic mass is 28.4. The first kappa shape index (κ1) is 34.8. The van der Waals surface area contributed by atoms with E-state index in [0.29, 0.717) is 45.2 Å². The molecule has 228 valence electrons. The molecule has 2 rings (SSSR count). The Morgan fingerprint density at radius 1 is 0.800 bits per heavy atom. The van der Waals surface area contributed by atoms with Gasteiger partial charge in [-0.25, -0.2) is 4.79 Å². The third kappa shape index (κ3) is 7.13. The molecule has 0 aliphatic carbocycles. The van der Waals surface area contributed by atoms with Gasteiger partial charge in [0.2, 0.25) is 16.6 Å². The Balaban J connectivity index is 2.63. The van der Waals surface area contributed by atoms with E-state index < -0.39 is 16.6 Å². The summed E-state index contributed by atoms with van der Waals surface area (Å²) in [6, 6.07) is 7.61. The summed E-state index contributed by atoms with van der Waals surface area (Å²) in [6.07, 6.45) is 2.26. The lowest BCUT2D eigenvalue weighted by Gasteiger charge is -2.51. The Morgan fingerprint density at radius 2 is 1.27 bits per heavy atom. The molecule has 0 spiro atoms. The zero-order valence-electron chi connectivity index (χ0n) is 27.8. The van der Waals surface area contributed by atoms with E-state index in [1.165, 1.54) is 7.11 Å². The second-order valence-corrected chi connectivity index (χ2v) is 24.4. The van der Waals surface area contributed by atoms with Crippen molar-refractivity contribution in [3.63, 3.8) is 0 Å². The number of hydrogen-bond donors (Lipinski definition) is 0. The van der Waals surface area contributed by atoms with Gasteiger partial charge in [-0.1, -0.05) is 95.2 Å². The van der Waals surface area contributed by atoms with Gasteiger partial charge in [-0.2, -0.15) is 0 Å². The Bertz CT molecular complexity index is 955. The molecule has 40 heavy (non-hydrogen) atoms. The monoisotopic (exact) mass is 590 g/mol. The first-order valence-corrected chi connectivity index (χ1v) is 19.7. The summed E-state index contributed by atoms with van der Waals surface area (Å²) in [7, 11) is -3.01. The van der Waals surface area contributed by atoms with Crippen molar-refractivity contribution in [3.8, 4) is 0 Å². The maximum Gasteiger partial charge on any atom is 0.337 e. The van der Waals surface area contributed by atoms with Gasteiger partial charge < -0.3 is 18.3 Å². The van der Waals surface area contributed by atoms with Gasteiger partial charge >= 0.3 is 5.97 Å². The van der Waals surface area contributed by atoms with Crippen LogP contribution in [0.3, 0.4) is 0 Å². The van der Waals surface area contributed by atoms with Crippen molar-refractivity contribution in [1.29, 1.82) is 0 Å². The average Bonchev–Trinajstić information content (AvgIpc) is 2.85. The Labute approximate surface area is 247 Å². The zero-order valence-corrected chi connectivity index (χ0v) is 29.8. The summed E-state index contributed by atoms with van der Waals surface area (Å²) in [5.74, 6) is 0.548. The predicted molar refractivity (Wildman–Crippen MR) is 172 cm³/mol. The van der Waals surface area contributed by atoms with E-state index in [4.69, 9.17) is 18.3 Å². The lowest BCUT2D eigenvalue weighted by Crippen LogP contribution is -2.59. The van der Waals surface area contributed by atoms with Gasteiger partial charge in [0.05, 0.1) is 24.5 Å². The second-order valence-electron chi connectivity index (χ2n) is 13.6. The maximum atomic E-state index is 12.2. The molecule has 0 radical (unpaired) electrons. The molecule has 1 aromatic rings. The van der Waals surface area contributed by atoms with E-state index in [1.807, 2.05) is 18.2 Å². The molecule has 0 bridgehead atoms. The topological polar surface area (TPSA) is 54.0 Å². The molecule has 1 aliphatic heterocycles. The average molecular weight is 591 g/mol. The molecule has 7 heteroatoms. The molecule has 5 nitrogen and oxygen atoms in total. The van der Waals surface area contributed by atoms with E-state index in [-0.39, 0.29) is 24.3 Å². The number of ether oxygens (including phenoxy) is 2. The fourth-order valence-electron chi connectivity index (χ4n) is 7.67. The first-order valence-electron chi connectivity index (χ1n) is 15.4. The zero-order chi connectivity index (χ0) is 30.6. The molecule has 0 aromatic heterocycles. The van der Waals surface area contributed by atoms with Crippen LogP contribution in [0.25, 0.3) is 0 Å². The number of esters is 1. The summed E-state index contributed by atoms with van der Waals surface area (Å²) >= 11 is 0. The Hall–Kier alpha value is -1.42. The summed E-state index contributed by atoms with van der Waals surface area (Å²) in [4.78, 5) is 12.2. The summed E-state index contributed by atoms with van der Waals surface area (Å²) < 4.78 is 26.5. The summed E-state index contributed by atoms with van der Waals surface area (Å²) in [5, 5.41) is 0. The van der Waals surface area contributed by atoms with E-state index in [1.54, 1.807) is 6.07 Å². The summed E-state index contributed by atoms with van der Waals surface area (Å²) in [6.45, 7) is 30.2. The van der Waals surface area contributed by atoms with E-state index in [2.05, 4.69) is 96.1 Å². The van der Waals surface area contributed by atoms with Crippen LogP contribution in [0, 0.1) is 0 Å². The van der Waals surface area contributed by atoms with Crippen LogP contribution in [0.5, 0.6) is 0 Å². The largest absolute Gasteiger partial charge is 0.492 e. The highest BCUT2D eigenvalue weighted by molar-refractivity contribution is 6.78. The van der Waals surface area contributed by atoms with Gasteiger partial charge in [0, 0.05) is 6.42 Å². The minimum absolute atomic E-state index is 0.157. The van der Waals surface area contributed by atoms with Crippen LogP contribution in [0.2, 0.25) is 33.2 Å². The molecule has 0 amide bonds. The van der Waals surface area contributed by atoms with Crippen LogP contribution in [0.4, 0.5) is 0 Å². The standard InChI is InChI=1S/C33H58O5Si2/c1-21(2)39(22(3)4,23(5)6)37-31-20-30(19-28-16-15-17-29(18-28)33(34)35-14)36-27(13)32(31)38-40(24(7)8,25(9)10)26(11)12/h15-18,20-27,31-32H,19H2,1-14H3/t27-,31-,32-/m0/s1. The number of benzene rings is 1. The molecule has 0 N–H and O–H groups in total. The highest BCUT2D eigenvalue weighted by Crippen LogP contribution is 2.47.